The van der Waals surface area contributed by atoms with Gasteiger partial charge in [0.05, 0.1) is 32.9 Å². The Morgan fingerprint density at radius 2 is 1.86 bits per heavy atom. The number of carbonyl (C=O) groups is 3. The van der Waals surface area contributed by atoms with Crippen molar-refractivity contribution >= 4 is 23.5 Å². The number of furan rings is 1. The first-order chi connectivity index (χ1) is 14.0. The van der Waals surface area contributed by atoms with Crippen LogP contribution in [0.2, 0.25) is 0 Å². The second kappa shape index (κ2) is 8.61. The number of β-amino-alcohol motifs (C(OH)–C–C–N with tert-alkyl or cyclic N) is 1. The van der Waals surface area contributed by atoms with Crippen LogP contribution in [0.1, 0.15) is 10.6 Å². The Morgan fingerprint density at radius 1 is 1.14 bits per heavy atom. The van der Waals surface area contributed by atoms with Crippen LogP contribution in [-0.2, 0) is 19.1 Å². The monoisotopic (exact) mass is 400 g/mol. The number of nitrogens with zero attached hydrogens (tertiary/aromatic N) is 1. The van der Waals surface area contributed by atoms with Gasteiger partial charge in [0.25, 0.3) is 5.91 Å². The van der Waals surface area contributed by atoms with E-state index in [4.69, 9.17) is 14.3 Å². The minimum Gasteiger partial charge on any atom is -0.466 e. The fourth-order valence-corrected chi connectivity index (χ4v) is 2.98. The average Bonchev–Trinajstić information content (AvgIpc) is 3.34. The Balaban J connectivity index is 1.97. The van der Waals surface area contributed by atoms with Gasteiger partial charge in [-0.2, -0.15) is 0 Å². The molecule has 2 N–H and O–H groups in total. The van der Waals surface area contributed by atoms with Gasteiger partial charge in [-0.05, 0) is 24.3 Å². The number of amides is 1. The molecule has 0 bridgehead atoms. The second-order valence-corrected chi connectivity index (χ2v) is 6.12. The fraction of sp³-hybridized carbons (Fsp3) is 0.250. The van der Waals surface area contributed by atoms with E-state index in [9.17, 15) is 14.4 Å². The quantitative estimate of drug-likeness (QED) is 0.670. The second-order valence-electron chi connectivity index (χ2n) is 6.12. The fourth-order valence-electron chi connectivity index (χ4n) is 2.98. The van der Waals surface area contributed by atoms with Crippen molar-refractivity contribution in [1.82, 2.24) is 4.90 Å². The van der Waals surface area contributed by atoms with E-state index in [2.05, 4.69) is 10.1 Å². The summed E-state index contributed by atoms with van der Waals surface area (Å²) < 4.78 is 15.0. The van der Waals surface area contributed by atoms with E-state index in [1.165, 1.54) is 25.2 Å². The zero-order valence-corrected chi connectivity index (χ0v) is 15.9. The predicted octanol–water partition coefficient (Wildman–Crippen LogP) is 1.41. The highest BCUT2D eigenvalue weighted by atomic mass is 16.5. The van der Waals surface area contributed by atoms with E-state index in [1.54, 1.807) is 30.3 Å². The summed E-state index contributed by atoms with van der Waals surface area (Å²) in [4.78, 5) is 37.9. The lowest BCUT2D eigenvalue weighted by molar-refractivity contribution is -0.136. The van der Waals surface area contributed by atoms with E-state index in [-0.39, 0.29) is 36.7 Å². The van der Waals surface area contributed by atoms with E-state index in [0.717, 1.165) is 0 Å². The van der Waals surface area contributed by atoms with Gasteiger partial charge < -0.3 is 29.2 Å². The summed E-state index contributed by atoms with van der Waals surface area (Å²) in [7, 11) is 2.49. The first-order valence-corrected chi connectivity index (χ1v) is 8.76. The molecule has 3 rings (SSSR count). The standard InChI is InChI=1S/C20H20N2O7/c1-27-19(25)13-11-22(9-10-23)18(24)17(13)21-14-6-4-3-5-12(14)15-7-8-16(29-15)20(26)28-2/h3-8,21,23H,9-11H2,1-2H3. The summed E-state index contributed by atoms with van der Waals surface area (Å²) in [5.41, 5.74) is 1.30. The lowest BCUT2D eigenvalue weighted by Crippen LogP contribution is -2.31. The third-order valence-electron chi connectivity index (χ3n) is 4.40. The molecule has 1 aromatic heterocycles. The predicted molar refractivity (Wildman–Crippen MR) is 102 cm³/mol. The van der Waals surface area contributed by atoms with Crippen molar-refractivity contribution in [3.05, 3.63) is 53.4 Å². The Labute approximate surface area is 166 Å². The molecular formula is C20H20N2O7. The molecule has 0 spiro atoms. The number of nitrogens with one attached hydrogen (secondary N) is 1. The topological polar surface area (TPSA) is 118 Å². The summed E-state index contributed by atoms with van der Waals surface area (Å²) >= 11 is 0. The minimum atomic E-state index is -0.634. The van der Waals surface area contributed by atoms with Gasteiger partial charge in [-0.25, -0.2) is 9.59 Å². The zero-order chi connectivity index (χ0) is 21.0. The number of para-hydroxylation sites is 1. The van der Waals surface area contributed by atoms with Crippen LogP contribution < -0.4 is 5.32 Å². The zero-order valence-electron chi connectivity index (χ0n) is 15.9. The van der Waals surface area contributed by atoms with Gasteiger partial charge in [-0.15, -0.1) is 0 Å². The van der Waals surface area contributed by atoms with E-state index in [0.29, 0.717) is 17.0 Å². The number of aliphatic hydroxyl groups excluding tert-OH is 1. The van der Waals surface area contributed by atoms with Gasteiger partial charge in [0.15, 0.2) is 0 Å². The van der Waals surface area contributed by atoms with Crippen molar-refractivity contribution in [2.24, 2.45) is 0 Å². The van der Waals surface area contributed by atoms with Crippen LogP contribution in [0.4, 0.5) is 5.69 Å². The molecule has 152 valence electrons. The number of anilines is 1. The molecule has 0 saturated carbocycles. The van der Waals surface area contributed by atoms with Crippen molar-refractivity contribution in [2.75, 3.05) is 39.2 Å². The maximum absolute atomic E-state index is 12.7. The number of hydrogen-bond donors (Lipinski definition) is 2. The minimum absolute atomic E-state index is 0.0316. The molecule has 9 heteroatoms. The largest absolute Gasteiger partial charge is 0.466 e. The van der Waals surface area contributed by atoms with Crippen LogP contribution in [-0.4, -0.2) is 61.8 Å². The van der Waals surface area contributed by atoms with Gasteiger partial charge in [-0.1, -0.05) is 12.1 Å². The van der Waals surface area contributed by atoms with Gasteiger partial charge in [0.1, 0.15) is 11.5 Å². The number of methoxy groups -OCH3 is 2. The lowest BCUT2D eigenvalue weighted by Gasteiger charge is -2.15. The third-order valence-corrected chi connectivity index (χ3v) is 4.40. The van der Waals surface area contributed by atoms with E-state index in [1.807, 2.05) is 0 Å². The first-order valence-electron chi connectivity index (χ1n) is 8.76. The Hall–Kier alpha value is -3.59. The summed E-state index contributed by atoms with van der Waals surface area (Å²) in [6, 6.07) is 10.1. The molecule has 0 atom stereocenters. The van der Waals surface area contributed by atoms with Crippen molar-refractivity contribution in [3.8, 4) is 11.3 Å². The Kier molecular flexibility index (Phi) is 5.99. The molecule has 29 heavy (non-hydrogen) atoms. The highest BCUT2D eigenvalue weighted by Gasteiger charge is 2.34. The van der Waals surface area contributed by atoms with Gasteiger partial charge in [-0.3, -0.25) is 4.79 Å². The number of esters is 2. The third kappa shape index (κ3) is 3.99. The number of hydrogen-bond acceptors (Lipinski definition) is 8. The molecule has 9 nitrogen and oxygen atoms in total. The molecule has 0 radical (unpaired) electrons. The molecule has 1 aromatic carbocycles. The Morgan fingerprint density at radius 3 is 2.55 bits per heavy atom. The average molecular weight is 400 g/mol. The lowest BCUT2D eigenvalue weighted by atomic mass is 10.1. The van der Waals surface area contributed by atoms with Crippen LogP contribution in [0.25, 0.3) is 11.3 Å². The number of benzene rings is 1. The molecule has 2 heterocycles. The maximum atomic E-state index is 12.7. The molecule has 0 saturated heterocycles. The van der Waals surface area contributed by atoms with Gasteiger partial charge in [0.2, 0.25) is 5.76 Å². The SMILES string of the molecule is COC(=O)C1=C(Nc2ccccc2-c2ccc(C(=O)OC)o2)C(=O)N(CCO)C1. The summed E-state index contributed by atoms with van der Waals surface area (Å²) in [6.07, 6.45) is 0. The summed E-state index contributed by atoms with van der Waals surface area (Å²) in [5.74, 6) is -1.25. The smallest absolute Gasteiger partial charge is 0.373 e. The van der Waals surface area contributed by atoms with Gasteiger partial charge in [0, 0.05) is 17.8 Å². The molecule has 0 fully saturated rings. The number of rotatable bonds is 7. The number of carbonyl (C=O) groups excluding carboxylic acids is 3. The number of aliphatic hydroxyl groups is 1. The molecule has 1 amide bonds. The summed E-state index contributed by atoms with van der Waals surface area (Å²) in [5, 5.41) is 12.2. The van der Waals surface area contributed by atoms with Crippen LogP contribution in [0.5, 0.6) is 0 Å². The molecule has 1 aliphatic heterocycles. The van der Waals surface area contributed by atoms with Crippen LogP contribution in [0.15, 0.2) is 52.1 Å². The van der Waals surface area contributed by atoms with Crippen molar-refractivity contribution < 1.29 is 33.4 Å². The molecule has 2 aromatic rings. The molecule has 1 aliphatic rings. The molecular weight excluding hydrogens is 380 g/mol. The van der Waals surface area contributed by atoms with Crippen molar-refractivity contribution in [2.45, 2.75) is 0 Å². The van der Waals surface area contributed by atoms with E-state index < -0.39 is 17.8 Å². The maximum Gasteiger partial charge on any atom is 0.373 e. The number of ether oxygens (including phenoxy) is 2. The van der Waals surface area contributed by atoms with Crippen molar-refractivity contribution in [1.29, 1.82) is 0 Å². The van der Waals surface area contributed by atoms with Gasteiger partial charge >= 0.3 is 11.9 Å². The van der Waals surface area contributed by atoms with Crippen molar-refractivity contribution in [3.63, 3.8) is 0 Å². The van der Waals surface area contributed by atoms with Crippen LogP contribution >= 0.6 is 0 Å². The summed E-state index contributed by atoms with van der Waals surface area (Å²) in [6.45, 7) is -0.108. The van der Waals surface area contributed by atoms with E-state index >= 15 is 0 Å². The Bertz CT molecular complexity index is 977. The van der Waals surface area contributed by atoms with Crippen LogP contribution in [0.3, 0.4) is 0 Å². The highest BCUT2D eigenvalue weighted by Crippen LogP contribution is 2.32. The van der Waals surface area contributed by atoms with Crippen LogP contribution in [0, 0.1) is 0 Å². The first kappa shape index (κ1) is 20.2. The molecule has 0 aliphatic carbocycles. The highest BCUT2D eigenvalue weighted by molar-refractivity contribution is 6.09. The normalized spacial score (nSPS) is 13.6. The molecule has 0 unspecified atom stereocenters.